The lowest BCUT2D eigenvalue weighted by molar-refractivity contribution is 0.0698. The lowest BCUT2D eigenvalue weighted by atomic mass is 10.1. The SMILES string of the molecule is CC(Cc1cccs1)Nc1cc(Cl)ccc1C(=O)O. The van der Waals surface area contributed by atoms with Crippen molar-refractivity contribution in [2.24, 2.45) is 0 Å². The molecule has 0 saturated heterocycles. The number of nitrogens with one attached hydrogen (secondary N) is 1. The van der Waals surface area contributed by atoms with Crippen LogP contribution in [-0.4, -0.2) is 17.1 Å². The van der Waals surface area contributed by atoms with Crippen LogP contribution in [-0.2, 0) is 6.42 Å². The number of hydrogen-bond acceptors (Lipinski definition) is 3. The standard InChI is InChI=1S/C14H14ClNO2S/c1-9(7-11-3-2-6-19-11)16-13-8-10(15)4-5-12(13)14(17)18/h2-6,8-9,16H,7H2,1H3,(H,17,18). The molecule has 0 bridgehead atoms. The third kappa shape index (κ3) is 3.72. The Morgan fingerprint density at radius 2 is 2.26 bits per heavy atom. The zero-order valence-corrected chi connectivity index (χ0v) is 12.0. The smallest absolute Gasteiger partial charge is 0.337 e. The molecule has 1 unspecified atom stereocenters. The first-order valence-electron chi connectivity index (χ1n) is 5.88. The number of carbonyl (C=O) groups is 1. The highest BCUT2D eigenvalue weighted by atomic mass is 35.5. The zero-order valence-electron chi connectivity index (χ0n) is 10.4. The van der Waals surface area contributed by atoms with Crippen LogP contribution < -0.4 is 5.32 Å². The molecule has 0 radical (unpaired) electrons. The number of hydrogen-bond donors (Lipinski definition) is 2. The van der Waals surface area contributed by atoms with Crippen molar-refractivity contribution in [3.05, 3.63) is 51.2 Å². The van der Waals surface area contributed by atoms with Gasteiger partial charge < -0.3 is 10.4 Å². The third-order valence-electron chi connectivity index (χ3n) is 2.70. The summed E-state index contributed by atoms with van der Waals surface area (Å²) in [6.45, 7) is 2.02. The molecule has 5 heteroatoms. The van der Waals surface area contributed by atoms with Crippen LogP contribution in [0, 0.1) is 0 Å². The Hall–Kier alpha value is -1.52. The number of aromatic carboxylic acids is 1. The van der Waals surface area contributed by atoms with Gasteiger partial charge in [0, 0.05) is 22.4 Å². The molecule has 0 aliphatic rings. The molecule has 0 aliphatic heterocycles. The first-order chi connectivity index (χ1) is 9.06. The van der Waals surface area contributed by atoms with Crippen LogP contribution >= 0.6 is 22.9 Å². The van der Waals surface area contributed by atoms with E-state index in [1.54, 1.807) is 23.5 Å². The lowest BCUT2D eigenvalue weighted by Crippen LogP contribution is -2.19. The van der Waals surface area contributed by atoms with Crippen LogP contribution in [0.2, 0.25) is 5.02 Å². The molecule has 2 rings (SSSR count). The molecule has 0 saturated carbocycles. The van der Waals surface area contributed by atoms with E-state index in [1.807, 2.05) is 18.4 Å². The molecule has 0 amide bonds. The van der Waals surface area contributed by atoms with Gasteiger partial charge in [0.1, 0.15) is 0 Å². The highest BCUT2D eigenvalue weighted by Crippen LogP contribution is 2.23. The van der Waals surface area contributed by atoms with Crippen molar-refractivity contribution < 1.29 is 9.90 Å². The molecule has 3 nitrogen and oxygen atoms in total. The summed E-state index contributed by atoms with van der Waals surface area (Å²) in [6, 6.07) is 8.96. The van der Waals surface area contributed by atoms with E-state index in [4.69, 9.17) is 16.7 Å². The first kappa shape index (κ1) is 13.9. The Morgan fingerprint density at radius 3 is 2.89 bits per heavy atom. The normalized spacial score (nSPS) is 12.1. The van der Waals surface area contributed by atoms with Gasteiger partial charge in [0.15, 0.2) is 0 Å². The van der Waals surface area contributed by atoms with E-state index in [9.17, 15) is 4.79 Å². The monoisotopic (exact) mass is 295 g/mol. The predicted octanol–water partition coefficient (Wildman–Crippen LogP) is 4.14. The lowest BCUT2D eigenvalue weighted by Gasteiger charge is -2.16. The van der Waals surface area contributed by atoms with Crippen LogP contribution in [0.3, 0.4) is 0 Å². The van der Waals surface area contributed by atoms with Gasteiger partial charge >= 0.3 is 5.97 Å². The molecule has 0 fully saturated rings. The predicted molar refractivity (Wildman–Crippen MR) is 79.5 cm³/mol. The largest absolute Gasteiger partial charge is 0.478 e. The van der Waals surface area contributed by atoms with Crippen molar-refractivity contribution in [2.45, 2.75) is 19.4 Å². The number of halogens is 1. The number of benzene rings is 1. The second kappa shape index (κ2) is 6.08. The minimum atomic E-state index is -0.956. The fourth-order valence-corrected chi connectivity index (χ4v) is 2.88. The Labute approximate surface area is 120 Å². The molecule has 19 heavy (non-hydrogen) atoms. The summed E-state index contributed by atoms with van der Waals surface area (Å²) >= 11 is 7.61. The summed E-state index contributed by atoms with van der Waals surface area (Å²) in [5, 5.41) is 14.9. The molecule has 0 aliphatic carbocycles. The average Bonchev–Trinajstić information content (AvgIpc) is 2.81. The third-order valence-corrected chi connectivity index (χ3v) is 3.84. The first-order valence-corrected chi connectivity index (χ1v) is 7.14. The number of rotatable bonds is 5. The minimum absolute atomic E-state index is 0.134. The van der Waals surface area contributed by atoms with Gasteiger partial charge in [0.2, 0.25) is 0 Å². The Balaban J connectivity index is 2.13. The summed E-state index contributed by atoms with van der Waals surface area (Å²) in [6.07, 6.45) is 0.850. The fraction of sp³-hybridized carbons (Fsp3) is 0.214. The number of carboxylic acids is 1. The van der Waals surface area contributed by atoms with Crippen LogP contribution in [0.1, 0.15) is 22.2 Å². The van der Waals surface area contributed by atoms with E-state index in [-0.39, 0.29) is 11.6 Å². The molecule has 2 aromatic rings. The molecular weight excluding hydrogens is 282 g/mol. The van der Waals surface area contributed by atoms with Gasteiger partial charge in [-0.1, -0.05) is 17.7 Å². The van der Waals surface area contributed by atoms with Crippen molar-refractivity contribution in [3.63, 3.8) is 0 Å². The minimum Gasteiger partial charge on any atom is -0.478 e. The zero-order chi connectivity index (χ0) is 13.8. The van der Waals surface area contributed by atoms with E-state index in [1.165, 1.54) is 10.9 Å². The van der Waals surface area contributed by atoms with Crippen LogP contribution in [0.15, 0.2) is 35.7 Å². The Morgan fingerprint density at radius 1 is 1.47 bits per heavy atom. The van der Waals surface area contributed by atoms with Crippen molar-refractivity contribution >= 4 is 34.6 Å². The van der Waals surface area contributed by atoms with E-state index >= 15 is 0 Å². The summed E-state index contributed by atoms with van der Waals surface area (Å²) in [5.74, 6) is -0.956. The maximum absolute atomic E-state index is 11.2. The summed E-state index contributed by atoms with van der Waals surface area (Å²) in [5.41, 5.74) is 0.798. The van der Waals surface area contributed by atoms with E-state index in [2.05, 4.69) is 11.4 Å². The summed E-state index contributed by atoms with van der Waals surface area (Å²) in [7, 11) is 0. The highest BCUT2D eigenvalue weighted by Gasteiger charge is 2.13. The molecule has 1 aromatic carbocycles. The van der Waals surface area contributed by atoms with Gasteiger partial charge in [-0.05, 0) is 36.6 Å². The van der Waals surface area contributed by atoms with Gasteiger partial charge in [0.05, 0.1) is 11.3 Å². The molecule has 1 heterocycles. The molecule has 2 N–H and O–H groups in total. The Kier molecular flexibility index (Phi) is 4.45. The molecular formula is C14H14ClNO2S. The highest BCUT2D eigenvalue weighted by molar-refractivity contribution is 7.09. The number of thiophene rings is 1. The van der Waals surface area contributed by atoms with Gasteiger partial charge in [0.25, 0.3) is 0 Å². The average molecular weight is 296 g/mol. The second-order valence-electron chi connectivity index (χ2n) is 4.32. The molecule has 100 valence electrons. The van der Waals surface area contributed by atoms with Crippen LogP contribution in [0.5, 0.6) is 0 Å². The van der Waals surface area contributed by atoms with Gasteiger partial charge in [-0.15, -0.1) is 11.3 Å². The van der Waals surface area contributed by atoms with E-state index in [0.717, 1.165) is 6.42 Å². The Bertz CT molecular complexity index is 569. The molecule has 1 aromatic heterocycles. The summed E-state index contributed by atoms with van der Waals surface area (Å²) in [4.78, 5) is 12.4. The van der Waals surface area contributed by atoms with Gasteiger partial charge in [-0.2, -0.15) is 0 Å². The van der Waals surface area contributed by atoms with Gasteiger partial charge in [-0.25, -0.2) is 4.79 Å². The number of anilines is 1. The van der Waals surface area contributed by atoms with Crippen LogP contribution in [0.4, 0.5) is 5.69 Å². The molecule has 1 atom stereocenters. The van der Waals surface area contributed by atoms with Crippen molar-refractivity contribution in [1.29, 1.82) is 0 Å². The van der Waals surface area contributed by atoms with Crippen molar-refractivity contribution in [3.8, 4) is 0 Å². The quantitative estimate of drug-likeness (QED) is 0.871. The maximum Gasteiger partial charge on any atom is 0.337 e. The summed E-state index contributed by atoms with van der Waals surface area (Å²) < 4.78 is 0. The van der Waals surface area contributed by atoms with Crippen molar-refractivity contribution in [2.75, 3.05) is 5.32 Å². The maximum atomic E-state index is 11.2. The van der Waals surface area contributed by atoms with Crippen molar-refractivity contribution in [1.82, 2.24) is 0 Å². The van der Waals surface area contributed by atoms with E-state index in [0.29, 0.717) is 10.7 Å². The topological polar surface area (TPSA) is 49.3 Å². The fourth-order valence-electron chi connectivity index (χ4n) is 1.87. The second-order valence-corrected chi connectivity index (χ2v) is 5.79. The van der Waals surface area contributed by atoms with E-state index < -0.39 is 5.97 Å². The van der Waals surface area contributed by atoms with Crippen LogP contribution in [0.25, 0.3) is 0 Å². The number of carboxylic acid groups (broad SMARTS) is 1. The molecule has 0 spiro atoms. The van der Waals surface area contributed by atoms with Gasteiger partial charge in [-0.3, -0.25) is 0 Å².